The normalized spacial score (nSPS) is 40.7. The van der Waals surface area contributed by atoms with Gasteiger partial charge in [-0.05, 0) is 91.3 Å². The van der Waals surface area contributed by atoms with E-state index in [-0.39, 0.29) is 11.5 Å². The van der Waals surface area contributed by atoms with E-state index < -0.39 is 9.76 Å². The number of esters is 1. The van der Waals surface area contributed by atoms with Crippen molar-refractivity contribution in [1.29, 1.82) is 0 Å². The van der Waals surface area contributed by atoms with E-state index in [2.05, 4.69) is 40.7 Å². The molecule has 0 amide bonds. The van der Waals surface area contributed by atoms with Gasteiger partial charge in [-0.1, -0.05) is 100 Å². The van der Waals surface area contributed by atoms with Crippen LogP contribution < -0.4 is 0 Å². The summed E-state index contributed by atoms with van der Waals surface area (Å²) >= 11 is 17.2. The van der Waals surface area contributed by atoms with E-state index in [0.717, 1.165) is 54.8 Å². The third-order valence-electron chi connectivity index (χ3n) is 10.8. The van der Waals surface area contributed by atoms with E-state index in [1.165, 1.54) is 56.9 Å². The lowest BCUT2D eigenvalue weighted by Crippen LogP contribution is -2.51. The molecular formula is C29H45Cl3O2. The second kappa shape index (κ2) is 10.1. The lowest BCUT2D eigenvalue weighted by molar-refractivity contribution is -0.150. The fourth-order valence-corrected chi connectivity index (χ4v) is 9.10. The number of rotatable bonds is 6. The Balaban J connectivity index is 1.44. The molecule has 34 heavy (non-hydrogen) atoms. The summed E-state index contributed by atoms with van der Waals surface area (Å²) in [6.07, 6.45) is 16.0. The predicted octanol–water partition coefficient (Wildman–Crippen LogP) is 9.31. The van der Waals surface area contributed by atoms with Gasteiger partial charge in [-0.25, -0.2) is 4.79 Å². The highest BCUT2D eigenvalue weighted by Crippen LogP contribution is 2.67. The Morgan fingerprint density at radius 1 is 1.06 bits per heavy atom. The van der Waals surface area contributed by atoms with Crippen LogP contribution in [0.1, 0.15) is 105 Å². The number of carbonyl (C=O) groups excluding carboxylic acids is 1. The standard InChI is InChI=1S/C29H45Cl3O2/c1-18(2)7-6-8-19(3)23-11-12-24-22-10-9-20-17-21(34-26(33)29(30,31)32)13-15-27(20,4)25(22)14-16-28(23,24)5/h9,18-19,21-25H,6-8,10-17H2,1-5H3. The van der Waals surface area contributed by atoms with Crippen LogP contribution in [0.4, 0.5) is 0 Å². The molecule has 5 heteroatoms. The van der Waals surface area contributed by atoms with Crippen molar-refractivity contribution in [2.75, 3.05) is 0 Å². The van der Waals surface area contributed by atoms with Crippen LogP contribution in [-0.2, 0) is 9.53 Å². The zero-order valence-electron chi connectivity index (χ0n) is 21.8. The van der Waals surface area contributed by atoms with E-state index >= 15 is 0 Å². The minimum absolute atomic E-state index is 0.171. The summed E-state index contributed by atoms with van der Waals surface area (Å²) in [4.78, 5) is 12.1. The van der Waals surface area contributed by atoms with Gasteiger partial charge in [0.25, 0.3) is 3.79 Å². The summed E-state index contributed by atoms with van der Waals surface area (Å²) in [5, 5.41) is 0. The predicted molar refractivity (Wildman–Crippen MR) is 143 cm³/mol. The molecule has 2 nitrogen and oxygen atoms in total. The quantitative estimate of drug-likeness (QED) is 0.194. The van der Waals surface area contributed by atoms with Crippen molar-refractivity contribution in [2.24, 2.45) is 46.3 Å². The number of fused-ring (bicyclic) bond motifs is 5. The molecule has 0 spiro atoms. The summed E-state index contributed by atoms with van der Waals surface area (Å²) < 4.78 is 3.59. The zero-order valence-corrected chi connectivity index (χ0v) is 24.1. The van der Waals surface area contributed by atoms with Crippen molar-refractivity contribution in [1.82, 2.24) is 0 Å². The number of carbonyl (C=O) groups is 1. The van der Waals surface area contributed by atoms with Crippen LogP contribution in [-0.4, -0.2) is 15.9 Å². The minimum Gasteiger partial charge on any atom is -0.459 e. The van der Waals surface area contributed by atoms with Crippen molar-refractivity contribution in [3.8, 4) is 0 Å². The molecule has 0 radical (unpaired) electrons. The van der Waals surface area contributed by atoms with Gasteiger partial charge in [-0.15, -0.1) is 0 Å². The molecule has 8 atom stereocenters. The van der Waals surface area contributed by atoms with Gasteiger partial charge in [0, 0.05) is 6.42 Å². The Morgan fingerprint density at radius 3 is 2.47 bits per heavy atom. The van der Waals surface area contributed by atoms with E-state index in [9.17, 15) is 4.79 Å². The average Bonchev–Trinajstić information content (AvgIpc) is 3.10. The topological polar surface area (TPSA) is 26.3 Å². The second-order valence-corrected chi connectivity index (χ2v) is 15.3. The van der Waals surface area contributed by atoms with E-state index in [1.54, 1.807) is 0 Å². The number of alkyl halides is 3. The van der Waals surface area contributed by atoms with Gasteiger partial charge in [-0.2, -0.15) is 0 Å². The Hall–Kier alpha value is 0.0800. The van der Waals surface area contributed by atoms with Gasteiger partial charge < -0.3 is 4.74 Å². The summed E-state index contributed by atoms with van der Waals surface area (Å²) in [6.45, 7) is 12.4. The molecule has 4 aliphatic carbocycles. The van der Waals surface area contributed by atoms with Gasteiger partial charge >= 0.3 is 5.97 Å². The first-order valence-corrected chi connectivity index (χ1v) is 15.0. The highest BCUT2D eigenvalue weighted by molar-refractivity contribution is 6.75. The third-order valence-corrected chi connectivity index (χ3v) is 11.2. The molecule has 3 fully saturated rings. The molecule has 0 aromatic heterocycles. The SMILES string of the molecule is CC(C)CCCC(C)C1CCC2C3CC=C4CC(OC(=O)C(Cl)(Cl)Cl)CCC4(C)C3CCC12C. The highest BCUT2D eigenvalue weighted by Gasteiger charge is 2.59. The van der Waals surface area contributed by atoms with Crippen molar-refractivity contribution in [2.45, 2.75) is 115 Å². The molecule has 0 aliphatic heterocycles. The van der Waals surface area contributed by atoms with Gasteiger partial charge in [0.15, 0.2) is 0 Å². The minimum atomic E-state index is -1.99. The van der Waals surface area contributed by atoms with Gasteiger partial charge in [0.05, 0.1) is 0 Å². The fourth-order valence-electron chi connectivity index (χ4n) is 8.97. The number of hydrogen-bond donors (Lipinski definition) is 0. The van der Waals surface area contributed by atoms with Gasteiger partial charge in [0.2, 0.25) is 0 Å². The van der Waals surface area contributed by atoms with Gasteiger partial charge in [-0.3, -0.25) is 0 Å². The molecule has 4 rings (SSSR count). The largest absolute Gasteiger partial charge is 0.459 e. The Bertz CT molecular complexity index is 787. The molecule has 0 bridgehead atoms. The molecule has 4 aliphatic rings. The average molecular weight is 532 g/mol. The first-order valence-electron chi connectivity index (χ1n) is 13.8. The van der Waals surface area contributed by atoms with Crippen molar-refractivity contribution >= 4 is 40.8 Å². The van der Waals surface area contributed by atoms with E-state index in [1.807, 2.05) is 0 Å². The molecule has 0 heterocycles. The monoisotopic (exact) mass is 530 g/mol. The number of hydrogen-bond acceptors (Lipinski definition) is 2. The smallest absolute Gasteiger partial charge is 0.358 e. The van der Waals surface area contributed by atoms with Crippen LogP contribution in [0.25, 0.3) is 0 Å². The number of ether oxygens (including phenoxy) is 1. The molecule has 3 saturated carbocycles. The van der Waals surface area contributed by atoms with Gasteiger partial charge in [0.1, 0.15) is 6.10 Å². The lowest BCUT2D eigenvalue weighted by Gasteiger charge is -2.58. The lowest BCUT2D eigenvalue weighted by atomic mass is 9.47. The Morgan fingerprint density at radius 2 is 1.79 bits per heavy atom. The van der Waals surface area contributed by atoms with Crippen LogP contribution in [0.5, 0.6) is 0 Å². The van der Waals surface area contributed by atoms with E-state index in [4.69, 9.17) is 39.5 Å². The first kappa shape index (κ1) is 27.1. The van der Waals surface area contributed by atoms with Crippen LogP contribution in [0.15, 0.2) is 11.6 Å². The first-order chi connectivity index (χ1) is 15.9. The maximum absolute atomic E-state index is 12.1. The summed E-state index contributed by atoms with van der Waals surface area (Å²) in [5.41, 5.74) is 2.23. The van der Waals surface area contributed by atoms with Crippen LogP contribution in [0.2, 0.25) is 0 Å². The van der Waals surface area contributed by atoms with E-state index in [0.29, 0.717) is 5.41 Å². The highest BCUT2D eigenvalue weighted by atomic mass is 35.6. The summed E-state index contributed by atoms with van der Waals surface area (Å²) in [5.74, 6) is 4.23. The Labute approximate surface area is 222 Å². The third kappa shape index (κ3) is 5.08. The second-order valence-electron chi connectivity index (χ2n) is 13.1. The maximum Gasteiger partial charge on any atom is 0.358 e. The van der Waals surface area contributed by atoms with Crippen LogP contribution >= 0.6 is 34.8 Å². The molecule has 0 aromatic rings. The molecule has 0 saturated heterocycles. The van der Waals surface area contributed by atoms with Crippen molar-refractivity contribution in [3.05, 3.63) is 11.6 Å². The Kier molecular flexibility index (Phi) is 8.05. The number of allylic oxidation sites excluding steroid dienone is 1. The van der Waals surface area contributed by atoms with Crippen LogP contribution in [0, 0.1) is 46.3 Å². The molecule has 194 valence electrons. The van der Waals surface area contributed by atoms with Crippen molar-refractivity contribution in [3.63, 3.8) is 0 Å². The van der Waals surface area contributed by atoms with Crippen LogP contribution in [0.3, 0.4) is 0 Å². The molecule has 8 unspecified atom stereocenters. The summed E-state index contributed by atoms with van der Waals surface area (Å²) in [6, 6.07) is 0. The molecule has 0 N–H and O–H groups in total. The maximum atomic E-state index is 12.1. The van der Waals surface area contributed by atoms with Crippen molar-refractivity contribution < 1.29 is 9.53 Å². The fraction of sp³-hybridized carbons (Fsp3) is 0.897. The zero-order chi connectivity index (χ0) is 24.9. The summed E-state index contributed by atoms with van der Waals surface area (Å²) in [7, 11) is 0. The number of halogens is 3. The molecule has 0 aromatic carbocycles. The molecular weight excluding hydrogens is 487 g/mol.